The van der Waals surface area contributed by atoms with E-state index >= 15 is 0 Å². The Morgan fingerprint density at radius 3 is 2.50 bits per heavy atom. The second kappa shape index (κ2) is 6.99. The van der Waals surface area contributed by atoms with Crippen LogP contribution >= 0.6 is 11.6 Å². The Morgan fingerprint density at radius 2 is 1.85 bits per heavy atom. The molecule has 4 nitrogen and oxygen atoms in total. The summed E-state index contributed by atoms with van der Waals surface area (Å²) in [7, 11) is 1.40. The predicted molar refractivity (Wildman–Crippen MR) is 95.1 cm³/mol. The molecule has 2 aromatic rings. The van der Waals surface area contributed by atoms with Crippen molar-refractivity contribution in [1.29, 1.82) is 0 Å². The van der Waals surface area contributed by atoms with Crippen molar-refractivity contribution >= 4 is 28.9 Å². The van der Waals surface area contributed by atoms with Crippen LogP contribution in [0.3, 0.4) is 0 Å². The molecule has 0 bridgehead atoms. The van der Waals surface area contributed by atoms with Gasteiger partial charge in [-0.3, -0.25) is 9.80 Å². The summed E-state index contributed by atoms with van der Waals surface area (Å²) in [5.74, 6) is -2.12. The van der Waals surface area contributed by atoms with Gasteiger partial charge in [-0.25, -0.2) is 0 Å². The van der Waals surface area contributed by atoms with Crippen molar-refractivity contribution in [2.45, 2.75) is 6.18 Å². The van der Waals surface area contributed by atoms with Gasteiger partial charge < -0.3 is 5.32 Å². The molecule has 0 radical (unpaired) electrons. The van der Waals surface area contributed by atoms with E-state index in [0.717, 1.165) is 10.6 Å². The van der Waals surface area contributed by atoms with E-state index in [1.54, 1.807) is 48.5 Å². The molecule has 0 saturated heterocycles. The zero-order chi connectivity index (χ0) is 18.9. The van der Waals surface area contributed by atoms with Crippen molar-refractivity contribution in [2.24, 2.45) is 11.0 Å². The van der Waals surface area contributed by atoms with Gasteiger partial charge in [0.05, 0.1) is 6.54 Å². The average Bonchev–Trinajstić information content (AvgIpc) is 2.99. The van der Waals surface area contributed by atoms with E-state index in [9.17, 15) is 18.0 Å². The summed E-state index contributed by atoms with van der Waals surface area (Å²) in [5.41, 5.74) is 0.824. The van der Waals surface area contributed by atoms with E-state index in [4.69, 9.17) is 11.6 Å². The van der Waals surface area contributed by atoms with Crippen LogP contribution in [0.25, 0.3) is 11.1 Å². The Labute approximate surface area is 153 Å². The highest BCUT2D eigenvalue weighted by atomic mass is 35.5. The number of amides is 1. The van der Waals surface area contributed by atoms with E-state index in [2.05, 4.69) is 10.4 Å². The monoisotopic (exact) mass is 381 g/mol. The largest absolute Gasteiger partial charge is 0.432 e. The fourth-order valence-corrected chi connectivity index (χ4v) is 2.93. The zero-order valence-corrected chi connectivity index (χ0v) is 14.5. The van der Waals surface area contributed by atoms with Crippen LogP contribution in [-0.2, 0) is 4.79 Å². The minimum absolute atomic E-state index is 0.121. The number of nitrogens with one attached hydrogen (secondary N) is 1. The lowest BCUT2D eigenvalue weighted by molar-refractivity contribution is -0.119. The van der Waals surface area contributed by atoms with Gasteiger partial charge in [0.25, 0.3) is 0 Å². The number of halogens is 4. The van der Waals surface area contributed by atoms with Gasteiger partial charge in [-0.2, -0.15) is 18.3 Å². The number of carbonyl (C=O) groups is 1. The Kier molecular flexibility index (Phi) is 4.91. The van der Waals surface area contributed by atoms with Crippen molar-refractivity contribution in [3.05, 3.63) is 53.6 Å². The van der Waals surface area contributed by atoms with Crippen LogP contribution in [0, 0.1) is 5.92 Å². The van der Waals surface area contributed by atoms with Crippen LogP contribution in [0.15, 0.2) is 53.6 Å². The summed E-state index contributed by atoms with van der Waals surface area (Å²) >= 11 is 5.89. The molecule has 1 aliphatic rings. The summed E-state index contributed by atoms with van der Waals surface area (Å²) in [4.78, 5) is 12.5. The first-order valence-electron chi connectivity index (χ1n) is 7.78. The molecule has 1 aliphatic heterocycles. The summed E-state index contributed by atoms with van der Waals surface area (Å²) < 4.78 is 39.3. The normalized spacial score (nSPS) is 17.2. The molecule has 8 heteroatoms. The molecule has 0 spiro atoms. The number of rotatable bonds is 3. The summed E-state index contributed by atoms with van der Waals surface area (Å²) in [5, 5.41) is 7.74. The molecule has 136 valence electrons. The first-order valence-corrected chi connectivity index (χ1v) is 8.16. The third-order valence-electron chi connectivity index (χ3n) is 4.00. The highest BCUT2D eigenvalue weighted by Crippen LogP contribution is 2.31. The van der Waals surface area contributed by atoms with Gasteiger partial charge in [0, 0.05) is 23.3 Å². The lowest BCUT2D eigenvalue weighted by Gasteiger charge is -2.17. The molecule has 3 rings (SSSR count). The number of carbonyl (C=O) groups excluding carboxylic acids is 1. The minimum atomic E-state index is -4.65. The van der Waals surface area contributed by atoms with Crippen LogP contribution < -0.4 is 5.32 Å². The van der Waals surface area contributed by atoms with Crippen molar-refractivity contribution in [3.63, 3.8) is 0 Å². The molecular weight excluding hydrogens is 367 g/mol. The van der Waals surface area contributed by atoms with Gasteiger partial charge in [0.15, 0.2) is 5.71 Å². The van der Waals surface area contributed by atoms with Crippen LogP contribution in [0.1, 0.15) is 0 Å². The number of nitrogens with zero attached hydrogens (tertiary/aromatic N) is 2. The quantitative estimate of drug-likeness (QED) is 0.855. The summed E-state index contributed by atoms with van der Waals surface area (Å²) in [6.45, 7) is -0.121. The molecule has 1 atom stereocenters. The lowest BCUT2D eigenvalue weighted by Crippen LogP contribution is -2.38. The van der Waals surface area contributed by atoms with Gasteiger partial charge in [-0.05, 0) is 23.8 Å². The third-order valence-corrected chi connectivity index (χ3v) is 4.25. The number of anilines is 1. The van der Waals surface area contributed by atoms with Crippen molar-refractivity contribution in [2.75, 3.05) is 18.9 Å². The van der Waals surface area contributed by atoms with Crippen LogP contribution in [-0.4, -0.2) is 36.4 Å². The smallest absolute Gasteiger partial charge is 0.325 e. The zero-order valence-electron chi connectivity index (χ0n) is 13.7. The van der Waals surface area contributed by atoms with E-state index in [1.165, 1.54) is 7.05 Å². The van der Waals surface area contributed by atoms with Gasteiger partial charge in [-0.1, -0.05) is 41.9 Å². The maximum absolute atomic E-state index is 13.1. The lowest BCUT2D eigenvalue weighted by atomic mass is 10.0. The molecule has 1 amide bonds. The van der Waals surface area contributed by atoms with Crippen LogP contribution in [0.4, 0.5) is 18.9 Å². The molecule has 2 aromatic carbocycles. The van der Waals surface area contributed by atoms with Crippen LogP contribution in [0.5, 0.6) is 0 Å². The maximum atomic E-state index is 13.1. The number of hydrogen-bond acceptors (Lipinski definition) is 3. The van der Waals surface area contributed by atoms with E-state index in [0.29, 0.717) is 16.3 Å². The topological polar surface area (TPSA) is 44.7 Å². The van der Waals surface area contributed by atoms with Crippen molar-refractivity contribution < 1.29 is 18.0 Å². The molecule has 1 heterocycles. The van der Waals surface area contributed by atoms with Crippen molar-refractivity contribution in [1.82, 2.24) is 5.01 Å². The van der Waals surface area contributed by atoms with Crippen LogP contribution in [0.2, 0.25) is 5.02 Å². The van der Waals surface area contributed by atoms with Gasteiger partial charge in [0.2, 0.25) is 5.91 Å². The predicted octanol–water partition coefficient (Wildman–Crippen LogP) is 4.43. The number of benzene rings is 2. The first-order chi connectivity index (χ1) is 12.3. The Balaban J connectivity index is 1.87. The molecule has 1 N–H and O–H groups in total. The number of alkyl halides is 3. The second-order valence-electron chi connectivity index (χ2n) is 5.92. The third kappa shape index (κ3) is 3.83. The fraction of sp³-hybridized carbons (Fsp3) is 0.222. The molecule has 26 heavy (non-hydrogen) atoms. The molecule has 0 fully saturated rings. The average molecular weight is 382 g/mol. The standard InChI is InChI=1S/C18H15ClF3N3O/c1-25-10-14(16(24-25)18(20,21)22)17(26)23-15-5-3-2-4-13(15)11-6-8-12(19)9-7-11/h2-9,14H,10H2,1H3,(H,23,26). The van der Waals surface area contributed by atoms with Gasteiger partial charge in [-0.15, -0.1) is 0 Å². The Bertz CT molecular complexity index is 850. The van der Waals surface area contributed by atoms with E-state index in [1.807, 2.05) is 0 Å². The Hall–Kier alpha value is -2.54. The maximum Gasteiger partial charge on any atom is 0.432 e. The Morgan fingerprint density at radius 1 is 1.19 bits per heavy atom. The van der Waals surface area contributed by atoms with E-state index < -0.39 is 23.7 Å². The molecule has 0 aliphatic carbocycles. The van der Waals surface area contributed by atoms with Gasteiger partial charge >= 0.3 is 6.18 Å². The fourth-order valence-electron chi connectivity index (χ4n) is 2.80. The number of hydrazone groups is 1. The first kappa shape index (κ1) is 18.3. The molecule has 0 saturated carbocycles. The highest BCUT2D eigenvalue weighted by molar-refractivity contribution is 6.30. The molecule has 1 unspecified atom stereocenters. The van der Waals surface area contributed by atoms with Crippen molar-refractivity contribution in [3.8, 4) is 11.1 Å². The summed E-state index contributed by atoms with van der Waals surface area (Å²) in [6.07, 6.45) is -4.65. The van der Waals surface area contributed by atoms with Gasteiger partial charge in [0.1, 0.15) is 5.92 Å². The number of para-hydroxylation sites is 1. The SMILES string of the molecule is CN1CC(C(=O)Nc2ccccc2-c2ccc(Cl)cc2)C(C(F)(F)F)=N1. The number of hydrogen-bond donors (Lipinski definition) is 1. The second-order valence-corrected chi connectivity index (χ2v) is 6.35. The highest BCUT2D eigenvalue weighted by Gasteiger charge is 2.47. The van der Waals surface area contributed by atoms with E-state index in [-0.39, 0.29) is 6.54 Å². The molecule has 0 aromatic heterocycles. The molecular formula is C18H15ClF3N3O. The summed E-state index contributed by atoms with van der Waals surface area (Å²) in [6, 6.07) is 13.9. The minimum Gasteiger partial charge on any atom is -0.325 e.